The first-order valence-electron chi connectivity index (χ1n) is 6.12. The van der Waals surface area contributed by atoms with Crippen molar-refractivity contribution in [2.24, 2.45) is 0 Å². The average molecular weight is 277 g/mol. The number of aromatic nitrogens is 3. The van der Waals surface area contributed by atoms with Crippen molar-refractivity contribution < 1.29 is 4.79 Å². The summed E-state index contributed by atoms with van der Waals surface area (Å²) in [5.74, 6) is -0.0381. The molecule has 0 unspecified atom stereocenters. The van der Waals surface area contributed by atoms with Crippen LogP contribution in [0.4, 0.5) is 0 Å². The molecule has 0 spiro atoms. The van der Waals surface area contributed by atoms with Gasteiger partial charge in [-0.05, 0) is 12.1 Å². The number of halogens is 1. The number of fused-ring (bicyclic) bond motifs is 1. The van der Waals surface area contributed by atoms with Crippen molar-refractivity contribution in [2.75, 3.05) is 12.4 Å². The molecule has 5 nitrogen and oxygen atoms in total. The van der Waals surface area contributed by atoms with Gasteiger partial charge in [-0.2, -0.15) is 0 Å². The van der Waals surface area contributed by atoms with Gasteiger partial charge in [-0.3, -0.25) is 4.79 Å². The Morgan fingerprint density at radius 3 is 2.84 bits per heavy atom. The maximum Gasteiger partial charge on any atom is 0.237 e. The van der Waals surface area contributed by atoms with Crippen molar-refractivity contribution in [1.82, 2.24) is 19.9 Å². The number of hydrogen-bond donors (Lipinski definition) is 0. The van der Waals surface area contributed by atoms with Crippen LogP contribution in [-0.4, -0.2) is 38.2 Å². The predicted molar refractivity (Wildman–Crippen MR) is 71.2 cm³/mol. The first-order chi connectivity index (χ1) is 9.29. The largest absolute Gasteiger partial charge is 0.335 e. The fraction of sp³-hybridized carbons (Fsp3) is 0.308. The van der Waals surface area contributed by atoms with Gasteiger partial charge in [-0.25, -0.2) is 4.68 Å². The van der Waals surface area contributed by atoms with Crippen LogP contribution in [0.25, 0.3) is 5.69 Å². The summed E-state index contributed by atoms with van der Waals surface area (Å²) in [6.07, 6.45) is 0.750. The zero-order chi connectivity index (χ0) is 13.2. The first kappa shape index (κ1) is 12.2. The minimum atomic E-state index is -0.0541. The van der Waals surface area contributed by atoms with E-state index in [1.807, 2.05) is 35.0 Å². The zero-order valence-electron chi connectivity index (χ0n) is 10.3. The fourth-order valence-corrected chi connectivity index (χ4v) is 2.45. The molecule has 3 rings (SSSR count). The monoisotopic (exact) mass is 276 g/mol. The average Bonchev–Trinajstić information content (AvgIpc) is 2.90. The third-order valence-electron chi connectivity index (χ3n) is 3.27. The van der Waals surface area contributed by atoms with E-state index >= 15 is 0 Å². The van der Waals surface area contributed by atoms with E-state index in [1.165, 1.54) is 0 Å². The Hall–Kier alpha value is -1.88. The predicted octanol–water partition coefficient (Wildman–Crippen LogP) is 1.39. The van der Waals surface area contributed by atoms with Gasteiger partial charge < -0.3 is 4.90 Å². The van der Waals surface area contributed by atoms with Crippen LogP contribution in [0, 0.1) is 0 Å². The van der Waals surface area contributed by atoms with Crippen LogP contribution in [0.15, 0.2) is 30.3 Å². The molecule has 1 aliphatic heterocycles. The van der Waals surface area contributed by atoms with Gasteiger partial charge in [0.25, 0.3) is 0 Å². The Kier molecular flexibility index (Phi) is 3.21. The number of hydrogen-bond acceptors (Lipinski definition) is 3. The number of rotatable bonds is 2. The molecule has 19 heavy (non-hydrogen) atoms. The highest BCUT2D eigenvalue weighted by Crippen LogP contribution is 2.19. The molecule has 0 radical (unpaired) electrons. The molecule has 0 atom stereocenters. The van der Waals surface area contributed by atoms with Crippen LogP contribution in [0.1, 0.15) is 11.4 Å². The van der Waals surface area contributed by atoms with Crippen molar-refractivity contribution in [2.45, 2.75) is 13.0 Å². The Morgan fingerprint density at radius 1 is 1.32 bits per heavy atom. The number of carbonyl (C=O) groups is 1. The standard InChI is InChI=1S/C13H13ClN4O/c14-8-13(19)17-7-6-12-11(9-17)15-16-18(12)10-4-2-1-3-5-10/h1-5H,6-9H2. The molecule has 2 aromatic rings. The Labute approximate surface area is 115 Å². The molecular weight excluding hydrogens is 264 g/mol. The minimum Gasteiger partial charge on any atom is -0.335 e. The SMILES string of the molecule is O=C(CCl)N1CCc2c(nnn2-c2ccccc2)C1. The molecule has 0 N–H and O–H groups in total. The summed E-state index contributed by atoms with van der Waals surface area (Å²) < 4.78 is 1.85. The van der Waals surface area contributed by atoms with Gasteiger partial charge in [0.1, 0.15) is 11.6 Å². The summed E-state index contributed by atoms with van der Waals surface area (Å²) in [7, 11) is 0. The molecule has 1 aromatic carbocycles. The smallest absolute Gasteiger partial charge is 0.237 e. The fourth-order valence-electron chi connectivity index (χ4n) is 2.28. The lowest BCUT2D eigenvalue weighted by Gasteiger charge is -2.25. The zero-order valence-corrected chi connectivity index (χ0v) is 11.0. The molecule has 0 aliphatic carbocycles. The van der Waals surface area contributed by atoms with Crippen LogP contribution in [0.5, 0.6) is 0 Å². The maximum atomic E-state index is 11.6. The van der Waals surface area contributed by atoms with Crippen LogP contribution < -0.4 is 0 Å². The Morgan fingerprint density at radius 2 is 2.11 bits per heavy atom. The second kappa shape index (κ2) is 5.01. The topological polar surface area (TPSA) is 51.0 Å². The van der Waals surface area contributed by atoms with Crippen LogP contribution in [-0.2, 0) is 17.8 Å². The van der Waals surface area contributed by atoms with E-state index < -0.39 is 0 Å². The Balaban J connectivity index is 1.90. The lowest BCUT2D eigenvalue weighted by molar-refractivity contribution is -0.129. The van der Waals surface area contributed by atoms with E-state index in [1.54, 1.807) is 4.90 Å². The van der Waals surface area contributed by atoms with E-state index in [9.17, 15) is 4.79 Å². The van der Waals surface area contributed by atoms with E-state index in [0.717, 1.165) is 23.5 Å². The second-order valence-electron chi connectivity index (χ2n) is 4.43. The van der Waals surface area contributed by atoms with Gasteiger partial charge in [0.2, 0.25) is 5.91 Å². The van der Waals surface area contributed by atoms with Crippen molar-refractivity contribution in [1.29, 1.82) is 0 Å². The van der Waals surface area contributed by atoms with Crippen LogP contribution in [0.3, 0.4) is 0 Å². The molecule has 6 heteroatoms. The maximum absolute atomic E-state index is 11.6. The van der Waals surface area contributed by atoms with Gasteiger partial charge in [0.15, 0.2) is 0 Å². The van der Waals surface area contributed by atoms with Gasteiger partial charge in [0, 0.05) is 13.0 Å². The normalized spacial score (nSPS) is 14.3. The Bertz CT molecular complexity index is 596. The number of amides is 1. The molecule has 0 saturated heterocycles. The summed E-state index contributed by atoms with van der Waals surface area (Å²) in [6.45, 7) is 1.16. The van der Waals surface area contributed by atoms with Gasteiger partial charge in [-0.1, -0.05) is 23.4 Å². The van der Waals surface area contributed by atoms with Crippen molar-refractivity contribution >= 4 is 17.5 Å². The van der Waals surface area contributed by atoms with Crippen LogP contribution in [0.2, 0.25) is 0 Å². The van der Waals surface area contributed by atoms with Crippen molar-refractivity contribution in [3.63, 3.8) is 0 Å². The molecule has 0 fully saturated rings. The molecule has 1 amide bonds. The third-order valence-corrected chi connectivity index (χ3v) is 3.50. The summed E-state index contributed by atoms with van der Waals surface area (Å²) in [5.41, 5.74) is 2.92. The molecule has 0 bridgehead atoms. The number of alkyl halides is 1. The summed E-state index contributed by atoms with van der Waals surface area (Å²) in [6, 6.07) is 9.88. The number of para-hydroxylation sites is 1. The van der Waals surface area contributed by atoms with Crippen molar-refractivity contribution in [3.05, 3.63) is 41.7 Å². The molecule has 1 aromatic heterocycles. The summed E-state index contributed by atoms with van der Waals surface area (Å²) in [4.78, 5) is 13.3. The lowest BCUT2D eigenvalue weighted by Crippen LogP contribution is -2.37. The third kappa shape index (κ3) is 2.21. The number of carbonyl (C=O) groups excluding carboxylic acids is 1. The van der Waals surface area contributed by atoms with Gasteiger partial charge in [-0.15, -0.1) is 16.7 Å². The van der Waals surface area contributed by atoms with E-state index in [-0.39, 0.29) is 11.8 Å². The van der Waals surface area contributed by atoms with Crippen molar-refractivity contribution in [3.8, 4) is 5.69 Å². The first-order valence-corrected chi connectivity index (χ1v) is 6.65. The van der Waals surface area contributed by atoms with Gasteiger partial charge in [0.05, 0.1) is 17.9 Å². The van der Waals surface area contributed by atoms with Crippen LogP contribution >= 0.6 is 11.6 Å². The van der Waals surface area contributed by atoms with E-state index in [4.69, 9.17) is 11.6 Å². The highest BCUT2D eigenvalue weighted by molar-refractivity contribution is 6.27. The highest BCUT2D eigenvalue weighted by atomic mass is 35.5. The number of benzene rings is 1. The quantitative estimate of drug-likeness (QED) is 0.779. The minimum absolute atomic E-state index is 0.0160. The van der Waals surface area contributed by atoms with E-state index in [2.05, 4.69) is 10.3 Å². The second-order valence-corrected chi connectivity index (χ2v) is 4.70. The molecule has 98 valence electrons. The molecule has 0 saturated carbocycles. The molecule has 2 heterocycles. The number of nitrogens with zero attached hydrogens (tertiary/aromatic N) is 4. The van der Waals surface area contributed by atoms with Gasteiger partial charge >= 0.3 is 0 Å². The molecular formula is C13H13ClN4O. The highest BCUT2D eigenvalue weighted by Gasteiger charge is 2.25. The molecule has 1 aliphatic rings. The lowest BCUT2D eigenvalue weighted by atomic mass is 10.1. The van der Waals surface area contributed by atoms with E-state index in [0.29, 0.717) is 13.1 Å². The summed E-state index contributed by atoms with van der Waals surface area (Å²) >= 11 is 5.58. The summed E-state index contributed by atoms with van der Waals surface area (Å²) in [5, 5.41) is 8.36.